The summed E-state index contributed by atoms with van der Waals surface area (Å²) in [4.78, 5) is 25.0. The van der Waals surface area contributed by atoms with E-state index in [1.165, 1.54) is 23.9 Å². The molecule has 7 heteroatoms. The van der Waals surface area contributed by atoms with Crippen molar-refractivity contribution in [1.29, 1.82) is 0 Å². The first-order valence-corrected chi connectivity index (χ1v) is 7.91. The summed E-state index contributed by atoms with van der Waals surface area (Å²) in [5.41, 5.74) is 0.0693. The molecule has 1 aliphatic rings. The van der Waals surface area contributed by atoms with Crippen LogP contribution in [0.4, 0.5) is 5.69 Å². The number of hydrogen-bond donors (Lipinski definition) is 1. The molecule has 1 N–H and O–H groups in total. The summed E-state index contributed by atoms with van der Waals surface area (Å²) in [5, 5.41) is 13.8. The summed E-state index contributed by atoms with van der Waals surface area (Å²) in [7, 11) is 1.95. The molecule has 0 unspecified atom stereocenters. The third-order valence-corrected chi connectivity index (χ3v) is 4.66. The number of benzene rings is 1. The number of carbonyl (C=O) groups excluding carboxylic acids is 1. The van der Waals surface area contributed by atoms with Crippen LogP contribution in [0.25, 0.3) is 0 Å². The molecule has 0 saturated carbocycles. The zero-order chi connectivity index (χ0) is 15.2. The molecule has 1 amide bonds. The van der Waals surface area contributed by atoms with Crippen LogP contribution in [-0.2, 0) is 4.79 Å². The van der Waals surface area contributed by atoms with Gasteiger partial charge in [-0.3, -0.25) is 14.9 Å². The van der Waals surface area contributed by atoms with Crippen molar-refractivity contribution < 1.29 is 9.72 Å². The van der Waals surface area contributed by atoms with E-state index in [1.807, 2.05) is 11.9 Å². The van der Waals surface area contributed by atoms with Crippen LogP contribution >= 0.6 is 11.8 Å². The molecule has 114 valence electrons. The van der Waals surface area contributed by atoms with Crippen molar-refractivity contribution >= 4 is 23.4 Å². The molecule has 2 rings (SSSR count). The molecule has 0 aliphatic carbocycles. The molecule has 6 nitrogen and oxygen atoms in total. The Hall–Kier alpha value is -1.60. The van der Waals surface area contributed by atoms with E-state index in [2.05, 4.69) is 5.32 Å². The van der Waals surface area contributed by atoms with Gasteiger partial charge in [-0.05, 0) is 32.0 Å². The second-order valence-corrected chi connectivity index (χ2v) is 6.03. The van der Waals surface area contributed by atoms with Gasteiger partial charge in [0, 0.05) is 36.2 Å². The molecule has 1 heterocycles. The molecular formula is C14H19N3O3S. The third kappa shape index (κ3) is 4.44. The largest absolute Gasteiger partial charge is 0.342 e. The average Bonchev–Trinajstić information content (AvgIpc) is 2.53. The highest BCUT2D eigenvalue weighted by Gasteiger charge is 2.21. The van der Waals surface area contributed by atoms with Gasteiger partial charge < -0.3 is 10.2 Å². The normalized spacial score (nSPS) is 16.0. The van der Waals surface area contributed by atoms with E-state index in [0.717, 1.165) is 30.8 Å². The smallest absolute Gasteiger partial charge is 0.269 e. The van der Waals surface area contributed by atoms with Gasteiger partial charge in [0.25, 0.3) is 5.69 Å². The number of carbonyl (C=O) groups is 1. The second-order valence-electron chi connectivity index (χ2n) is 4.98. The number of nitro benzene ring substituents is 1. The van der Waals surface area contributed by atoms with Crippen molar-refractivity contribution in [3.63, 3.8) is 0 Å². The van der Waals surface area contributed by atoms with Crippen LogP contribution in [0.5, 0.6) is 0 Å². The summed E-state index contributed by atoms with van der Waals surface area (Å²) in [6.07, 6.45) is 1.98. The van der Waals surface area contributed by atoms with E-state index in [9.17, 15) is 14.9 Å². The Bertz CT molecular complexity index is 499. The Morgan fingerprint density at radius 1 is 1.38 bits per heavy atom. The Morgan fingerprint density at radius 3 is 2.52 bits per heavy atom. The lowest BCUT2D eigenvalue weighted by Gasteiger charge is -2.31. The van der Waals surface area contributed by atoms with Crippen LogP contribution in [0.3, 0.4) is 0 Å². The summed E-state index contributed by atoms with van der Waals surface area (Å²) in [5.74, 6) is 0.509. The van der Waals surface area contributed by atoms with Gasteiger partial charge in [-0.25, -0.2) is 0 Å². The Kier molecular flexibility index (Phi) is 5.58. The topological polar surface area (TPSA) is 75.5 Å². The van der Waals surface area contributed by atoms with Gasteiger partial charge in [-0.15, -0.1) is 11.8 Å². The number of piperidine rings is 1. The van der Waals surface area contributed by atoms with Crippen LogP contribution in [0.1, 0.15) is 12.8 Å². The number of amides is 1. The fourth-order valence-electron chi connectivity index (χ4n) is 2.32. The minimum atomic E-state index is -0.425. The molecule has 21 heavy (non-hydrogen) atoms. The lowest BCUT2D eigenvalue weighted by atomic mass is 10.1. The molecule has 0 atom stereocenters. The zero-order valence-corrected chi connectivity index (χ0v) is 12.8. The lowest BCUT2D eigenvalue weighted by molar-refractivity contribution is -0.384. The van der Waals surface area contributed by atoms with Crippen molar-refractivity contribution in [2.45, 2.75) is 23.8 Å². The van der Waals surface area contributed by atoms with Gasteiger partial charge in [0.2, 0.25) is 5.91 Å². The van der Waals surface area contributed by atoms with Gasteiger partial charge in [-0.1, -0.05) is 0 Å². The quantitative estimate of drug-likeness (QED) is 0.511. The van der Waals surface area contributed by atoms with Gasteiger partial charge >= 0.3 is 0 Å². The van der Waals surface area contributed by atoms with E-state index in [4.69, 9.17) is 0 Å². The standard InChI is InChI=1S/C14H19N3O3S/c1-15-11-6-8-16(9-7-11)14(18)10-21-13-4-2-12(3-5-13)17(19)20/h2-5,11,15H,6-10H2,1H3. The number of nitrogens with zero attached hydrogens (tertiary/aromatic N) is 2. The highest BCUT2D eigenvalue weighted by Crippen LogP contribution is 2.22. The number of thioether (sulfide) groups is 1. The summed E-state index contributed by atoms with van der Waals surface area (Å²) >= 11 is 1.42. The first kappa shape index (κ1) is 15.8. The highest BCUT2D eigenvalue weighted by atomic mass is 32.2. The summed E-state index contributed by atoms with van der Waals surface area (Å²) in [6, 6.07) is 6.81. The fraction of sp³-hybridized carbons (Fsp3) is 0.500. The molecule has 0 radical (unpaired) electrons. The first-order chi connectivity index (χ1) is 10.1. The monoisotopic (exact) mass is 309 g/mol. The molecule has 1 aromatic carbocycles. The van der Waals surface area contributed by atoms with Crippen molar-refractivity contribution in [2.75, 3.05) is 25.9 Å². The van der Waals surface area contributed by atoms with Gasteiger partial charge in [0.15, 0.2) is 0 Å². The third-order valence-electron chi connectivity index (χ3n) is 3.67. The maximum absolute atomic E-state index is 12.1. The van der Waals surface area contributed by atoms with Crippen LogP contribution in [0.15, 0.2) is 29.2 Å². The summed E-state index contributed by atoms with van der Waals surface area (Å²) in [6.45, 7) is 1.59. The van der Waals surface area contributed by atoms with E-state index in [-0.39, 0.29) is 11.6 Å². The van der Waals surface area contributed by atoms with E-state index >= 15 is 0 Å². The molecule has 1 aliphatic heterocycles. The van der Waals surface area contributed by atoms with Gasteiger partial charge in [-0.2, -0.15) is 0 Å². The van der Waals surface area contributed by atoms with Crippen LogP contribution in [-0.4, -0.2) is 47.7 Å². The number of hydrogen-bond acceptors (Lipinski definition) is 5. The molecule has 0 aromatic heterocycles. The first-order valence-electron chi connectivity index (χ1n) is 6.92. The zero-order valence-electron chi connectivity index (χ0n) is 11.9. The number of rotatable bonds is 5. The lowest BCUT2D eigenvalue weighted by Crippen LogP contribution is -2.44. The number of nitrogens with one attached hydrogen (secondary N) is 1. The van der Waals surface area contributed by atoms with E-state index in [1.54, 1.807) is 12.1 Å². The number of non-ortho nitro benzene ring substituents is 1. The maximum atomic E-state index is 12.1. The van der Waals surface area contributed by atoms with Gasteiger partial charge in [0.05, 0.1) is 10.7 Å². The van der Waals surface area contributed by atoms with E-state index in [0.29, 0.717) is 11.8 Å². The van der Waals surface area contributed by atoms with Crippen LogP contribution < -0.4 is 5.32 Å². The van der Waals surface area contributed by atoms with Crippen molar-refractivity contribution in [3.05, 3.63) is 34.4 Å². The summed E-state index contributed by atoms with van der Waals surface area (Å²) < 4.78 is 0. The molecule has 0 spiro atoms. The SMILES string of the molecule is CNC1CCN(C(=O)CSc2ccc([N+](=O)[O-])cc2)CC1. The van der Waals surface area contributed by atoms with Crippen molar-refractivity contribution in [1.82, 2.24) is 10.2 Å². The average molecular weight is 309 g/mol. The maximum Gasteiger partial charge on any atom is 0.269 e. The Morgan fingerprint density at radius 2 is 2.00 bits per heavy atom. The van der Waals surface area contributed by atoms with Crippen LogP contribution in [0.2, 0.25) is 0 Å². The highest BCUT2D eigenvalue weighted by molar-refractivity contribution is 8.00. The second kappa shape index (κ2) is 7.42. The Labute approximate surface area is 128 Å². The minimum Gasteiger partial charge on any atom is -0.342 e. The predicted octanol–water partition coefficient (Wildman–Crippen LogP) is 1.90. The molecule has 1 saturated heterocycles. The van der Waals surface area contributed by atoms with Crippen LogP contribution in [0, 0.1) is 10.1 Å². The van der Waals surface area contributed by atoms with Gasteiger partial charge in [0.1, 0.15) is 0 Å². The Balaban J connectivity index is 1.80. The fourth-order valence-corrected chi connectivity index (χ4v) is 3.12. The number of nitro groups is 1. The molecular weight excluding hydrogens is 290 g/mol. The number of likely N-dealkylation sites (tertiary alicyclic amines) is 1. The van der Waals surface area contributed by atoms with E-state index < -0.39 is 4.92 Å². The van der Waals surface area contributed by atoms with Crippen molar-refractivity contribution in [3.8, 4) is 0 Å². The van der Waals surface area contributed by atoms with Crippen molar-refractivity contribution in [2.24, 2.45) is 0 Å². The molecule has 1 aromatic rings. The minimum absolute atomic E-state index is 0.0693. The predicted molar refractivity (Wildman–Crippen MR) is 82.5 cm³/mol. The molecule has 1 fully saturated rings. The molecule has 0 bridgehead atoms.